The van der Waals surface area contributed by atoms with Gasteiger partial charge >= 0.3 is 6.72 Å². The van der Waals surface area contributed by atoms with Crippen LogP contribution in [0.3, 0.4) is 0 Å². The summed E-state index contributed by atoms with van der Waals surface area (Å²) in [5, 5.41) is 21.8. The standard InChI is InChI=1S/C20H26FN11O9P2S2/c21-5-20(6-33)2-11(18(39-20)32-15-13(29-30-32)17(34)28-19(23)27-15)41-43(36,45)37-4-12-10(40-42(35)44)1-9(38-12)8-3-24-16-14(22)25-7-26-31(8)16/h3,7,9-12,18,33,42H,1-2,4-6H2,(H,35,44)(H,36,45)(H2,22,25,26)(H3,23,27,28,34)/t9-,10+,11-,12-,18-,20-,43?/m1/s1. The number of aliphatic hydroxyl groups excluding tert-OH is 1. The number of aliphatic hydroxyl groups is 1. The highest BCUT2D eigenvalue weighted by atomic mass is 32.5. The maximum atomic E-state index is 14.1. The zero-order valence-corrected chi connectivity index (χ0v) is 26.3. The summed E-state index contributed by atoms with van der Waals surface area (Å²) >= 11 is 10.1. The lowest BCUT2D eigenvalue weighted by Gasteiger charge is -2.25. The number of H-pyrrole nitrogens is 1. The van der Waals surface area contributed by atoms with E-state index in [1.165, 1.54) is 17.0 Å². The number of aromatic nitrogens is 9. The van der Waals surface area contributed by atoms with Crippen LogP contribution >= 0.6 is 13.9 Å². The predicted octanol–water partition coefficient (Wildman–Crippen LogP) is -1.23. The fraction of sp³-hybridized carbons (Fsp3) is 0.550. The lowest BCUT2D eigenvalue weighted by Crippen LogP contribution is -2.36. The Bertz CT molecular complexity index is 1860. The van der Waals surface area contributed by atoms with Gasteiger partial charge in [0.2, 0.25) is 5.95 Å². The fourth-order valence-corrected chi connectivity index (χ4v) is 7.46. The first-order chi connectivity index (χ1) is 21.4. The number of ether oxygens (including phenoxy) is 2. The summed E-state index contributed by atoms with van der Waals surface area (Å²) in [6.45, 7) is -6.45. The van der Waals surface area contributed by atoms with Crippen molar-refractivity contribution in [3.8, 4) is 0 Å². The smallest absolute Gasteiger partial charge is 0.325 e. The van der Waals surface area contributed by atoms with Gasteiger partial charge in [0, 0.05) is 12.8 Å². The summed E-state index contributed by atoms with van der Waals surface area (Å²) in [5.41, 5.74) is 9.60. The van der Waals surface area contributed by atoms with Crippen LogP contribution in [0.2, 0.25) is 0 Å². The highest BCUT2D eigenvalue weighted by Gasteiger charge is 2.51. The second-order valence-corrected chi connectivity index (χ2v) is 14.7. The molecular formula is C20H26FN11O9P2S2. The summed E-state index contributed by atoms with van der Waals surface area (Å²) in [4.78, 5) is 47.6. The molecule has 2 aliphatic rings. The highest BCUT2D eigenvalue weighted by Crippen LogP contribution is 2.52. The van der Waals surface area contributed by atoms with Gasteiger partial charge in [-0.1, -0.05) is 5.21 Å². The highest BCUT2D eigenvalue weighted by molar-refractivity contribution is 8.07. The van der Waals surface area contributed by atoms with Crippen molar-refractivity contribution >= 4 is 66.1 Å². The Morgan fingerprint density at radius 1 is 1.31 bits per heavy atom. The average Bonchev–Trinajstić information content (AvgIpc) is 3.76. The molecule has 0 radical (unpaired) electrons. The second-order valence-electron chi connectivity index (χ2n) is 10.1. The van der Waals surface area contributed by atoms with E-state index in [4.69, 9.17) is 58.1 Å². The first-order valence-electron chi connectivity index (χ1n) is 13.0. The number of alkyl halides is 1. The fourth-order valence-electron chi connectivity index (χ4n) is 5.15. The van der Waals surface area contributed by atoms with Gasteiger partial charge in [-0.05, 0) is 23.6 Å². The van der Waals surface area contributed by atoms with Crippen molar-refractivity contribution in [2.24, 2.45) is 0 Å². The van der Waals surface area contributed by atoms with Crippen molar-refractivity contribution in [1.29, 1.82) is 0 Å². The van der Waals surface area contributed by atoms with Crippen molar-refractivity contribution in [3.63, 3.8) is 0 Å². The van der Waals surface area contributed by atoms with E-state index in [-0.39, 0.29) is 42.4 Å². The molecule has 2 aliphatic heterocycles. The quantitative estimate of drug-likeness (QED) is 0.0994. The monoisotopic (exact) mass is 709 g/mol. The molecule has 2 unspecified atom stereocenters. The minimum Gasteiger partial charge on any atom is -0.393 e. The third kappa shape index (κ3) is 6.35. The first-order valence-corrected chi connectivity index (χ1v) is 18.1. The van der Waals surface area contributed by atoms with E-state index in [0.29, 0.717) is 11.3 Å². The molecule has 2 saturated heterocycles. The van der Waals surface area contributed by atoms with Crippen molar-refractivity contribution in [2.75, 3.05) is 31.4 Å². The van der Waals surface area contributed by atoms with Crippen LogP contribution in [0, 0.1) is 0 Å². The van der Waals surface area contributed by atoms with Crippen molar-refractivity contribution in [3.05, 3.63) is 28.6 Å². The van der Waals surface area contributed by atoms with Gasteiger partial charge in [-0.15, -0.1) is 5.10 Å². The molecule has 0 amide bonds. The van der Waals surface area contributed by atoms with E-state index in [1.54, 1.807) is 0 Å². The maximum Gasteiger partial charge on any atom is 0.325 e. The lowest BCUT2D eigenvalue weighted by atomic mass is 10.0. The van der Waals surface area contributed by atoms with Crippen LogP contribution in [0.25, 0.3) is 16.8 Å². The molecule has 244 valence electrons. The Balaban J connectivity index is 1.21. The van der Waals surface area contributed by atoms with Crippen LogP contribution < -0.4 is 17.0 Å². The Morgan fingerprint density at radius 2 is 2.11 bits per heavy atom. The topological polar surface area (TPSA) is 278 Å². The van der Waals surface area contributed by atoms with E-state index in [0.717, 1.165) is 4.68 Å². The number of nitrogens with two attached hydrogens (primary N) is 2. The number of nitrogens with one attached hydrogen (secondary N) is 1. The van der Waals surface area contributed by atoms with Crippen molar-refractivity contribution < 1.29 is 42.3 Å². The van der Waals surface area contributed by atoms with Crippen LogP contribution in [0.15, 0.2) is 17.3 Å². The van der Waals surface area contributed by atoms with Gasteiger partial charge in [0.15, 0.2) is 36.0 Å². The number of aromatic amines is 1. The molecule has 45 heavy (non-hydrogen) atoms. The first kappa shape index (κ1) is 32.3. The second kappa shape index (κ2) is 12.5. The summed E-state index contributed by atoms with van der Waals surface area (Å²) in [5.74, 6) is -0.0949. The van der Waals surface area contributed by atoms with Crippen LogP contribution in [0.1, 0.15) is 30.9 Å². The largest absolute Gasteiger partial charge is 0.393 e. The van der Waals surface area contributed by atoms with Crippen LogP contribution in [-0.4, -0.2) is 103 Å². The molecule has 6 rings (SSSR count). The van der Waals surface area contributed by atoms with Gasteiger partial charge in [0.05, 0.1) is 31.2 Å². The van der Waals surface area contributed by atoms with Crippen molar-refractivity contribution in [1.82, 2.24) is 44.5 Å². The molecule has 0 aromatic carbocycles. The summed E-state index contributed by atoms with van der Waals surface area (Å²) in [7, 11) is -2.60. The number of nitrogens with zero attached hydrogens (tertiary/aromatic N) is 8. The van der Waals surface area contributed by atoms with E-state index >= 15 is 0 Å². The average molecular weight is 710 g/mol. The SMILES string of the molecule is Nc1nc2c(nnn2[C@@H]2O[C@@](CO)(CF)C[C@H]2OP(O)(=S)OC[C@H]2O[C@@H](c3cnc4c(N)ncnn34)C[C@@H]2O[PH](O)=S)c(=O)[nH]1. The number of rotatable bonds is 11. The molecule has 4 aromatic heterocycles. The minimum absolute atomic E-state index is 0.120. The van der Waals surface area contributed by atoms with Crippen LogP contribution in [0.4, 0.5) is 16.2 Å². The number of halogens is 1. The van der Waals surface area contributed by atoms with Gasteiger partial charge in [-0.25, -0.2) is 18.9 Å². The molecular weight excluding hydrogens is 683 g/mol. The molecule has 6 heterocycles. The molecule has 0 saturated carbocycles. The van der Waals surface area contributed by atoms with Crippen molar-refractivity contribution in [2.45, 2.75) is 49.1 Å². The maximum absolute atomic E-state index is 14.1. The Kier molecular flexibility index (Phi) is 8.97. The summed E-state index contributed by atoms with van der Waals surface area (Å²) < 4.78 is 45.4. The van der Waals surface area contributed by atoms with E-state index < -0.39 is 69.0 Å². The third-order valence-electron chi connectivity index (χ3n) is 7.20. The zero-order chi connectivity index (χ0) is 32.1. The minimum atomic E-state index is -4.17. The van der Waals surface area contributed by atoms with Gasteiger partial charge < -0.3 is 49.4 Å². The number of fused-ring (bicyclic) bond motifs is 2. The number of anilines is 2. The van der Waals surface area contributed by atoms with Gasteiger partial charge in [0.1, 0.15) is 36.9 Å². The molecule has 0 aliphatic carbocycles. The van der Waals surface area contributed by atoms with Crippen LogP contribution in [-0.2, 0) is 46.7 Å². The molecule has 8 atom stereocenters. The number of nitrogen functional groups attached to an aromatic ring is 2. The third-order valence-corrected chi connectivity index (χ3v) is 9.58. The Morgan fingerprint density at radius 3 is 2.84 bits per heavy atom. The molecule has 8 N–H and O–H groups in total. The number of imidazole rings is 1. The number of hydrogen-bond acceptors (Lipinski definition) is 17. The molecule has 25 heteroatoms. The molecule has 0 spiro atoms. The molecule has 4 aromatic rings. The summed E-state index contributed by atoms with van der Waals surface area (Å²) in [6.07, 6.45) is -2.29. The molecule has 0 bridgehead atoms. The van der Waals surface area contributed by atoms with E-state index in [2.05, 4.69) is 35.3 Å². The van der Waals surface area contributed by atoms with Gasteiger partial charge in [0.25, 0.3) is 5.56 Å². The molecule has 2 fully saturated rings. The van der Waals surface area contributed by atoms with E-state index in [1.807, 2.05) is 0 Å². The number of hydrogen-bond donors (Lipinski definition) is 6. The van der Waals surface area contributed by atoms with E-state index in [9.17, 15) is 24.1 Å². The lowest BCUT2D eigenvalue weighted by molar-refractivity contribution is -0.119. The van der Waals surface area contributed by atoms with Gasteiger partial charge in [-0.2, -0.15) is 14.8 Å². The summed E-state index contributed by atoms with van der Waals surface area (Å²) in [6, 6.07) is 0. The molecule has 20 nitrogen and oxygen atoms in total. The van der Waals surface area contributed by atoms with Crippen LogP contribution in [0.5, 0.6) is 0 Å². The van der Waals surface area contributed by atoms with Gasteiger partial charge in [-0.3, -0.25) is 9.78 Å². The predicted molar refractivity (Wildman–Crippen MR) is 158 cm³/mol. The Labute approximate surface area is 261 Å². The normalized spacial score (nSPS) is 29.0. The zero-order valence-electron chi connectivity index (χ0n) is 22.7. The Hall–Kier alpha value is -2.66.